The van der Waals surface area contributed by atoms with E-state index in [0.717, 1.165) is 36.8 Å². The Balaban J connectivity index is 1.23. The van der Waals surface area contributed by atoms with Gasteiger partial charge >= 0.3 is 5.63 Å². The summed E-state index contributed by atoms with van der Waals surface area (Å²) in [7, 11) is 0. The van der Waals surface area contributed by atoms with E-state index < -0.39 is 23.0 Å². The van der Waals surface area contributed by atoms with E-state index in [1.807, 2.05) is 13.8 Å². The lowest BCUT2D eigenvalue weighted by atomic mass is 9.71. The molecule has 1 saturated heterocycles. The Labute approximate surface area is 215 Å². The third-order valence-corrected chi connectivity index (χ3v) is 7.44. The summed E-state index contributed by atoms with van der Waals surface area (Å²) in [5, 5.41) is 16.5. The molecule has 1 aromatic heterocycles. The average Bonchev–Trinajstić information content (AvgIpc) is 2.87. The van der Waals surface area contributed by atoms with Gasteiger partial charge in [0.15, 0.2) is 6.61 Å². The van der Waals surface area contributed by atoms with Crippen molar-refractivity contribution < 1.29 is 28.6 Å². The highest BCUT2D eigenvalue weighted by Crippen LogP contribution is 2.39. The summed E-state index contributed by atoms with van der Waals surface area (Å²) in [5.41, 5.74) is 0.851. The normalized spacial score (nSPS) is 21.3. The van der Waals surface area contributed by atoms with E-state index in [-0.39, 0.29) is 31.5 Å². The van der Waals surface area contributed by atoms with Crippen LogP contribution >= 0.6 is 0 Å². The van der Waals surface area contributed by atoms with Crippen molar-refractivity contribution in [1.82, 2.24) is 15.5 Å². The average molecular weight is 514 g/mol. The van der Waals surface area contributed by atoms with Crippen molar-refractivity contribution in [3.05, 3.63) is 39.7 Å². The second-order valence-corrected chi connectivity index (χ2v) is 10.1. The standard InChI is InChI=1S/C27H35N3O7/c1-3-18-12-25(34)37-21-11-17(2)10-20(26(18)21)36-16-23(32)28-13-22(31)29-14-24(33)30-9-8-27(35)7-5-4-6-19(27)15-30/h10-12,19,35H,3-9,13-16H2,1-2H3,(H,28,32)(H,29,31)/t19-,27-/m1/s1. The minimum atomic E-state index is -0.665. The Morgan fingerprint density at radius 3 is 2.70 bits per heavy atom. The largest absolute Gasteiger partial charge is 0.483 e. The maximum atomic E-state index is 12.6. The van der Waals surface area contributed by atoms with Crippen molar-refractivity contribution in [3.8, 4) is 5.75 Å². The zero-order chi connectivity index (χ0) is 26.6. The molecule has 0 unspecified atom stereocenters. The van der Waals surface area contributed by atoms with Gasteiger partial charge in [-0.3, -0.25) is 14.4 Å². The molecule has 37 heavy (non-hydrogen) atoms. The maximum Gasteiger partial charge on any atom is 0.336 e. The molecule has 2 aliphatic rings. The van der Waals surface area contributed by atoms with Crippen LogP contribution in [0.3, 0.4) is 0 Å². The summed E-state index contributed by atoms with van der Waals surface area (Å²) in [6, 6.07) is 4.92. The van der Waals surface area contributed by atoms with Crippen molar-refractivity contribution in [2.75, 3.05) is 32.8 Å². The number of amides is 3. The molecular formula is C27H35N3O7. The number of likely N-dealkylation sites (tertiary alicyclic amines) is 1. The van der Waals surface area contributed by atoms with Gasteiger partial charge in [-0.2, -0.15) is 0 Å². The summed E-state index contributed by atoms with van der Waals surface area (Å²) in [6.07, 6.45) is 4.93. The minimum Gasteiger partial charge on any atom is -0.483 e. The van der Waals surface area contributed by atoms with E-state index in [1.165, 1.54) is 6.07 Å². The second-order valence-electron chi connectivity index (χ2n) is 10.1. The van der Waals surface area contributed by atoms with Gasteiger partial charge in [0.05, 0.1) is 24.1 Å². The zero-order valence-electron chi connectivity index (χ0n) is 21.4. The summed E-state index contributed by atoms with van der Waals surface area (Å²) in [4.78, 5) is 50.6. The van der Waals surface area contributed by atoms with Crippen LogP contribution in [0.25, 0.3) is 11.0 Å². The van der Waals surface area contributed by atoms with Crippen molar-refractivity contribution in [2.24, 2.45) is 5.92 Å². The molecule has 4 rings (SSSR count). The molecule has 3 amide bonds. The minimum absolute atomic E-state index is 0.0869. The van der Waals surface area contributed by atoms with E-state index in [2.05, 4.69) is 10.6 Å². The monoisotopic (exact) mass is 513 g/mol. The Hall–Kier alpha value is -3.40. The van der Waals surface area contributed by atoms with Crippen LogP contribution in [0.2, 0.25) is 0 Å². The molecule has 2 aromatic rings. The topological polar surface area (TPSA) is 138 Å². The second kappa shape index (κ2) is 11.3. The van der Waals surface area contributed by atoms with Gasteiger partial charge in [0, 0.05) is 25.1 Å². The quantitative estimate of drug-likeness (QED) is 0.454. The molecule has 1 aliphatic heterocycles. The van der Waals surface area contributed by atoms with Crippen LogP contribution in [0, 0.1) is 12.8 Å². The van der Waals surface area contributed by atoms with Crippen LogP contribution in [0.5, 0.6) is 5.75 Å². The number of aliphatic hydroxyl groups is 1. The highest BCUT2D eigenvalue weighted by atomic mass is 16.5. The number of nitrogens with zero attached hydrogens (tertiary/aromatic N) is 1. The van der Waals surface area contributed by atoms with Crippen molar-refractivity contribution >= 4 is 28.7 Å². The first-order valence-electron chi connectivity index (χ1n) is 12.9. The number of benzene rings is 1. The lowest BCUT2D eigenvalue weighted by molar-refractivity contribution is -0.143. The van der Waals surface area contributed by atoms with Crippen LogP contribution in [-0.2, 0) is 20.8 Å². The SMILES string of the molecule is CCc1cc(=O)oc2cc(C)cc(OCC(=O)NCC(=O)NCC(=O)N3CC[C@]4(O)CCCC[C@@H]4C3)c12. The van der Waals surface area contributed by atoms with Gasteiger partial charge in [-0.05, 0) is 55.9 Å². The van der Waals surface area contributed by atoms with Crippen molar-refractivity contribution in [3.63, 3.8) is 0 Å². The van der Waals surface area contributed by atoms with E-state index in [0.29, 0.717) is 42.6 Å². The summed E-state index contributed by atoms with van der Waals surface area (Å²) in [6.45, 7) is 3.96. The summed E-state index contributed by atoms with van der Waals surface area (Å²) >= 11 is 0. The predicted molar refractivity (Wildman–Crippen MR) is 136 cm³/mol. The van der Waals surface area contributed by atoms with Gasteiger partial charge in [0.1, 0.15) is 11.3 Å². The first-order chi connectivity index (χ1) is 17.7. The molecule has 1 saturated carbocycles. The highest BCUT2D eigenvalue weighted by Gasteiger charge is 2.43. The number of nitrogens with one attached hydrogen (secondary N) is 2. The van der Waals surface area contributed by atoms with Crippen LogP contribution in [0.4, 0.5) is 0 Å². The maximum absolute atomic E-state index is 12.6. The summed E-state index contributed by atoms with van der Waals surface area (Å²) in [5.74, 6) is -0.667. The number of rotatable bonds is 8. The first kappa shape index (κ1) is 26.7. The van der Waals surface area contributed by atoms with E-state index in [9.17, 15) is 24.3 Å². The molecule has 0 spiro atoms. The van der Waals surface area contributed by atoms with Gasteiger partial charge in [0.25, 0.3) is 5.91 Å². The number of hydrogen-bond donors (Lipinski definition) is 3. The number of piperidine rings is 1. The number of ether oxygens (including phenoxy) is 1. The Bertz CT molecular complexity index is 1240. The zero-order valence-corrected chi connectivity index (χ0v) is 21.4. The molecule has 3 N–H and O–H groups in total. The number of hydrogen-bond acceptors (Lipinski definition) is 7. The Kier molecular flexibility index (Phi) is 8.16. The first-order valence-corrected chi connectivity index (χ1v) is 12.9. The van der Waals surface area contributed by atoms with E-state index >= 15 is 0 Å². The van der Waals surface area contributed by atoms with Crippen LogP contribution in [0.15, 0.2) is 27.4 Å². The number of fused-ring (bicyclic) bond motifs is 2. The molecule has 200 valence electrons. The molecule has 10 heteroatoms. The van der Waals surface area contributed by atoms with Gasteiger partial charge in [-0.15, -0.1) is 0 Å². The highest BCUT2D eigenvalue weighted by molar-refractivity contribution is 5.90. The van der Waals surface area contributed by atoms with Crippen molar-refractivity contribution in [1.29, 1.82) is 0 Å². The fraction of sp³-hybridized carbons (Fsp3) is 0.556. The van der Waals surface area contributed by atoms with Gasteiger partial charge in [-0.1, -0.05) is 19.8 Å². The van der Waals surface area contributed by atoms with Gasteiger partial charge in [0.2, 0.25) is 11.8 Å². The predicted octanol–water partition coefficient (Wildman–Crippen LogP) is 1.43. The van der Waals surface area contributed by atoms with E-state index in [1.54, 1.807) is 17.0 Å². The third kappa shape index (κ3) is 6.30. The summed E-state index contributed by atoms with van der Waals surface area (Å²) < 4.78 is 11.0. The number of carbonyl (C=O) groups excluding carboxylic acids is 3. The van der Waals surface area contributed by atoms with Crippen molar-refractivity contribution in [2.45, 2.75) is 58.0 Å². The molecule has 10 nitrogen and oxygen atoms in total. The molecule has 0 bridgehead atoms. The lowest BCUT2D eigenvalue weighted by Crippen LogP contribution is -2.56. The van der Waals surface area contributed by atoms with Gasteiger partial charge in [-0.25, -0.2) is 4.79 Å². The molecule has 1 aromatic carbocycles. The third-order valence-electron chi connectivity index (χ3n) is 7.44. The molecule has 1 aliphatic carbocycles. The van der Waals surface area contributed by atoms with Crippen LogP contribution < -0.4 is 21.0 Å². The Morgan fingerprint density at radius 2 is 1.92 bits per heavy atom. The smallest absolute Gasteiger partial charge is 0.336 e. The van der Waals surface area contributed by atoms with Crippen LogP contribution in [0.1, 0.15) is 50.2 Å². The van der Waals surface area contributed by atoms with Gasteiger partial charge < -0.3 is 29.8 Å². The molecular weight excluding hydrogens is 478 g/mol. The lowest BCUT2D eigenvalue weighted by Gasteiger charge is -2.47. The number of carbonyl (C=O) groups is 3. The van der Waals surface area contributed by atoms with E-state index in [4.69, 9.17) is 9.15 Å². The molecule has 2 heterocycles. The molecule has 2 fully saturated rings. The molecule has 2 atom stereocenters. The number of aryl methyl sites for hydroxylation is 2. The fourth-order valence-electron chi connectivity index (χ4n) is 5.38. The fourth-order valence-corrected chi connectivity index (χ4v) is 5.38. The van der Waals surface area contributed by atoms with Crippen LogP contribution in [-0.4, -0.2) is 66.1 Å². The molecule has 0 radical (unpaired) electrons. The Morgan fingerprint density at radius 1 is 1.14 bits per heavy atom.